The van der Waals surface area contributed by atoms with Crippen molar-refractivity contribution in [1.82, 2.24) is 4.98 Å². The Balaban J connectivity index is 1.79. The molecule has 1 heterocycles. The fraction of sp³-hybridized carbons (Fsp3) is 0.148. The first-order chi connectivity index (χ1) is 14.1. The van der Waals surface area contributed by atoms with Gasteiger partial charge >= 0.3 is 0 Å². The maximum Gasteiger partial charge on any atom is 0.0940 e. The number of hydrogen-bond donors (Lipinski definition) is 1. The number of nitrogens with one attached hydrogen (secondary N) is 1. The van der Waals surface area contributed by atoms with Crippen molar-refractivity contribution in [3.05, 3.63) is 119 Å². The van der Waals surface area contributed by atoms with Gasteiger partial charge in [-0.1, -0.05) is 84.4 Å². The van der Waals surface area contributed by atoms with E-state index in [9.17, 15) is 0 Å². The third kappa shape index (κ3) is 4.22. The van der Waals surface area contributed by atoms with E-state index in [-0.39, 0.29) is 6.04 Å². The quantitative estimate of drug-likeness (QED) is 0.409. The van der Waals surface area contributed by atoms with Crippen LogP contribution in [0.25, 0.3) is 11.3 Å². The summed E-state index contributed by atoms with van der Waals surface area (Å²) in [5.74, 6) is 0. The number of anilines is 1. The Morgan fingerprint density at radius 2 is 1.31 bits per heavy atom. The van der Waals surface area contributed by atoms with Crippen LogP contribution in [0.3, 0.4) is 0 Å². The van der Waals surface area contributed by atoms with Gasteiger partial charge in [-0.25, -0.2) is 0 Å². The van der Waals surface area contributed by atoms with E-state index in [4.69, 9.17) is 4.98 Å². The van der Waals surface area contributed by atoms with Crippen molar-refractivity contribution in [2.75, 3.05) is 5.32 Å². The maximum absolute atomic E-state index is 5.03. The molecular formula is C27H26N2. The highest BCUT2D eigenvalue weighted by Gasteiger charge is 2.18. The van der Waals surface area contributed by atoms with Crippen LogP contribution in [0, 0.1) is 20.8 Å². The molecule has 29 heavy (non-hydrogen) atoms. The number of aryl methyl sites for hydroxylation is 3. The average Bonchev–Trinajstić information content (AvgIpc) is 2.74. The molecule has 0 radical (unpaired) electrons. The molecule has 2 heteroatoms. The van der Waals surface area contributed by atoms with Gasteiger partial charge < -0.3 is 5.32 Å². The minimum Gasteiger partial charge on any atom is -0.372 e. The topological polar surface area (TPSA) is 24.9 Å². The van der Waals surface area contributed by atoms with E-state index in [0.29, 0.717) is 0 Å². The second-order valence-electron chi connectivity index (χ2n) is 7.58. The number of benzene rings is 3. The Bertz CT molecular complexity index is 1080. The molecule has 0 aliphatic rings. The lowest BCUT2D eigenvalue weighted by atomic mass is 9.99. The molecule has 3 aromatic carbocycles. The van der Waals surface area contributed by atoms with Gasteiger partial charge in [0.05, 0.1) is 17.4 Å². The molecule has 1 unspecified atom stereocenters. The highest BCUT2D eigenvalue weighted by molar-refractivity contribution is 5.62. The van der Waals surface area contributed by atoms with Crippen molar-refractivity contribution in [2.45, 2.75) is 26.8 Å². The van der Waals surface area contributed by atoms with E-state index in [1.54, 1.807) is 0 Å². The molecule has 0 saturated heterocycles. The van der Waals surface area contributed by atoms with Gasteiger partial charge in [-0.05, 0) is 49.6 Å². The molecule has 0 bridgehead atoms. The molecule has 144 valence electrons. The van der Waals surface area contributed by atoms with E-state index in [2.05, 4.69) is 111 Å². The van der Waals surface area contributed by atoms with Crippen LogP contribution in [0.5, 0.6) is 0 Å². The molecule has 0 fully saturated rings. The zero-order chi connectivity index (χ0) is 20.2. The Kier molecular flexibility index (Phi) is 5.44. The average molecular weight is 379 g/mol. The molecule has 4 rings (SSSR count). The summed E-state index contributed by atoms with van der Waals surface area (Å²) in [4.78, 5) is 5.03. The Hall–Kier alpha value is -3.39. The van der Waals surface area contributed by atoms with E-state index in [0.717, 1.165) is 17.0 Å². The van der Waals surface area contributed by atoms with Crippen LogP contribution in [-0.2, 0) is 0 Å². The van der Waals surface area contributed by atoms with Gasteiger partial charge in [0, 0.05) is 11.3 Å². The molecule has 0 aliphatic carbocycles. The lowest BCUT2D eigenvalue weighted by Gasteiger charge is -2.23. The van der Waals surface area contributed by atoms with Crippen LogP contribution in [0.2, 0.25) is 0 Å². The fourth-order valence-electron chi connectivity index (χ4n) is 3.91. The van der Waals surface area contributed by atoms with E-state index in [1.807, 2.05) is 6.07 Å². The first-order valence-corrected chi connectivity index (χ1v) is 10.0. The molecule has 1 aromatic heterocycles. The maximum atomic E-state index is 5.03. The number of aromatic nitrogens is 1. The van der Waals surface area contributed by atoms with Crippen molar-refractivity contribution in [3.63, 3.8) is 0 Å². The van der Waals surface area contributed by atoms with Gasteiger partial charge in [0.25, 0.3) is 0 Å². The molecule has 0 saturated carbocycles. The van der Waals surface area contributed by atoms with Crippen LogP contribution < -0.4 is 5.32 Å². The highest BCUT2D eigenvalue weighted by Crippen LogP contribution is 2.31. The van der Waals surface area contributed by atoms with E-state index >= 15 is 0 Å². The van der Waals surface area contributed by atoms with Gasteiger partial charge in [0.1, 0.15) is 0 Å². The summed E-state index contributed by atoms with van der Waals surface area (Å²) >= 11 is 0. The lowest BCUT2D eigenvalue weighted by molar-refractivity contribution is 0.885. The number of rotatable bonds is 5. The summed E-state index contributed by atoms with van der Waals surface area (Å²) in [7, 11) is 0. The van der Waals surface area contributed by atoms with Crippen LogP contribution in [0.1, 0.15) is 34.0 Å². The monoisotopic (exact) mass is 378 g/mol. The minimum atomic E-state index is -0.0278. The van der Waals surface area contributed by atoms with Gasteiger partial charge in [-0.15, -0.1) is 0 Å². The van der Waals surface area contributed by atoms with Gasteiger partial charge in [0.2, 0.25) is 0 Å². The Morgan fingerprint density at radius 1 is 0.690 bits per heavy atom. The van der Waals surface area contributed by atoms with Gasteiger partial charge in [-0.2, -0.15) is 0 Å². The number of pyridine rings is 1. The molecule has 4 aromatic rings. The van der Waals surface area contributed by atoms with Crippen LogP contribution >= 0.6 is 0 Å². The molecule has 0 amide bonds. The van der Waals surface area contributed by atoms with Crippen molar-refractivity contribution >= 4 is 5.69 Å². The first-order valence-electron chi connectivity index (χ1n) is 10.0. The van der Waals surface area contributed by atoms with Crippen molar-refractivity contribution in [1.29, 1.82) is 0 Å². The van der Waals surface area contributed by atoms with Crippen LogP contribution in [0.15, 0.2) is 91.0 Å². The zero-order valence-electron chi connectivity index (χ0n) is 17.2. The Morgan fingerprint density at radius 3 is 1.97 bits per heavy atom. The second-order valence-corrected chi connectivity index (χ2v) is 7.58. The largest absolute Gasteiger partial charge is 0.372 e. The third-order valence-corrected chi connectivity index (χ3v) is 5.23. The zero-order valence-corrected chi connectivity index (χ0v) is 17.2. The fourth-order valence-corrected chi connectivity index (χ4v) is 3.91. The van der Waals surface area contributed by atoms with Crippen molar-refractivity contribution in [3.8, 4) is 11.3 Å². The van der Waals surface area contributed by atoms with Gasteiger partial charge in [-0.3, -0.25) is 4.98 Å². The molecular weight excluding hydrogens is 352 g/mol. The number of hydrogen-bond acceptors (Lipinski definition) is 2. The number of nitrogens with zero attached hydrogens (tertiary/aromatic N) is 1. The normalized spacial score (nSPS) is 11.8. The highest BCUT2D eigenvalue weighted by atomic mass is 15.0. The molecule has 0 spiro atoms. The molecule has 2 nitrogen and oxygen atoms in total. The van der Waals surface area contributed by atoms with Crippen LogP contribution in [-0.4, -0.2) is 4.98 Å². The molecule has 0 aliphatic heterocycles. The van der Waals surface area contributed by atoms with E-state index < -0.39 is 0 Å². The smallest absolute Gasteiger partial charge is 0.0940 e. The standard InChI is InChI=1S/C27H26N2/c1-19-17-20(2)26(21(3)18-19)29-27(23-13-8-5-9-14-23)25-16-10-15-24(28-25)22-11-6-4-7-12-22/h4-18,27,29H,1-3H3. The molecule has 1 N–H and O–H groups in total. The van der Waals surface area contributed by atoms with Crippen molar-refractivity contribution in [2.24, 2.45) is 0 Å². The first kappa shape index (κ1) is 18.9. The summed E-state index contributed by atoms with van der Waals surface area (Å²) in [6.45, 7) is 6.47. The van der Waals surface area contributed by atoms with Crippen LogP contribution in [0.4, 0.5) is 5.69 Å². The van der Waals surface area contributed by atoms with E-state index in [1.165, 1.54) is 27.9 Å². The van der Waals surface area contributed by atoms with Gasteiger partial charge in [0.15, 0.2) is 0 Å². The van der Waals surface area contributed by atoms with Crippen molar-refractivity contribution < 1.29 is 0 Å². The predicted molar refractivity (Wildman–Crippen MR) is 122 cm³/mol. The Labute approximate surface area is 173 Å². The third-order valence-electron chi connectivity index (χ3n) is 5.23. The SMILES string of the molecule is Cc1cc(C)c(NC(c2ccccc2)c2cccc(-c3ccccc3)n2)c(C)c1. The summed E-state index contributed by atoms with van der Waals surface area (Å²) in [5, 5.41) is 3.79. The minimum absolute atomic E-state index is 0.0278. The predicted octanol–water partition coefficient (Wildman–Crippen LogP) is 6.88. The molecule has 1 atom stereocenters. The summed E-state index contributed by atoms with van der Waals surface area (Å²) in [5.41, 5.74) is 9.29. The summed E-state index contributed by atoms with van der Waals surface area (Å²) in [6, 6.07) is 31.6. The summed E-state index contributed by atoms with van der Waals surface area (Å²) < 4.78 is 0. The summed E-state index contributed by atoms with van der Waals surface area (Å²) in [6.07, 6.45) is 0. The lowest BCUT2D eigenvalue weighted by Crippen LogP contribution is -2.15. The second kappa shape index (κ2) is 8.32.